The summed E-state index contributed by atoms with van der Waals surface area (Å²) in [6.07, 6.45) is 4.00. The Balaban J connectivity index is 2.04. The smallest absolute Gasteiger partial charge is 0.223 e. The van der Waals surface area contributed by atoms with E-state index < -0.39 is 0 Å². The lowest BCUT2D eigenvalue weighted by Gasteiger charge is -2.37. The van der Waals surface area contributed by atoms with E-state index in [9.17, 15) is 4.79 Å². The van der Waals surface area contributed by atoms with Crippen LogP contribution in [-0.4, -0.2) is 16.8 Å². The van der Waals surface area contributed by atoms with Gasteiger partial charge in [0.2, 0.25) is 5.91 Å². The molecule has 0 radical (unpaired) electrons. The van der Waals surface area contributed by atoms with Crippen LogP contribution in [0.4, 0.5) is 0 Å². The summed E-state index contributed by atoms with van der Waals surface area (Å²) < 4.78 is 0. The third-order valence-electron chi connectivity index (χ3n) is 4.75. The SMILES string of the molecule is CC(C)[C@H]1CC[C@]2(c3ccccc3)CCC(=O)N12. The minimum Gasteiger partial charge on any atom is -0.330 e. The molecule has 1 aromatic rings. The van der Waals surface area contributed by atoms with E-state index >= 15 is 0 Å². The Kier molecular flexibility index (Phi) is 2.69. The molecule has 2 fully saturated rings. The van der Waals surface area contributed by atoms with Crippen molar-refractivity contribution in [3.63, 3.8) is 0 Å². The molecule has 2 heterocycles. The van der Waals surface area contributed by atoms with E-state index in [0.29, 0.717) is 17.9 Å². The van der Waals surface area contributed by atoms with Crippen molar-refractivity contribution in [3.05, 3.63) is 35.9 Å². The highest BCUT2D eigenvalue weighted by molar-refractivity contribution is 5.81. The molecule has 0 saturated carbocycles. The topological polar surface area (TPSA) is 20.3 Å². The highest BCUT2D eigenvalue weighted by atomic mass is 16.2. The predicted octanol–water partition coefficient (Wildman–Crippen LogP) is 3.32. The van der Waals surface area contributed by atoms with Crippen molar-refractivity contribution in [2.24, 2.45) is 5.92 Å². The maximum atomic E-state index is 12.3. The minimum absolute atomic E-state index is 0.00722. The molecule has 2 saturated heterocycles. The van der Waals surface area contributed by atoms with E-state index in [0.717, 1.165) is 25.7 Å². The Morgan fingerprint density at radius 2 is 1.94 bits per heavy atom. The van der Waals surface area contributed by atoms with Crippen molar-refractivity contribution >= 4 is 5.91 Å². The number of nitrogens with zero attached hydrogens (tertiary/aromatic N) is 1. The Hall–Kier alpha value is -1.31. The van der Waals surface area contributed by atoms with Crippen molar-refractivity contribution in [3.8, 4) is 0 Å². The number of rotatable bonds is 2. The maximum absolute atomic E-state index is 12.3. The summed E-state index contributed by atoms with van der Waals surface area (Å²) in [6.45, 7) is 4.47. The van der Waals surface area contributed by atoms with Crippen molar-refractivity contribution in [1.29, 1.82) is 0 Å². The molecule has 0 aliphatic carbocycles. The first-order valence-electron chi connectivity index (χ1n) is 7.03. The second kappa shape index (κ2) is 4.11. The van der Waals surface area contributed by atoms with E-state index in [2.05, 4.69) is 49.1 Å². The van der Waals surface area contributed by atoms with Crippen LogP contribution in [0.1, 0.15) is 45.1 Å². The van der Waals surface area contributed by atoms with Crippen molar-refractivity contribution in [2.75, 3.05) is 0 Å². The second-order valence-electron chi connectivity index (χ2n) is 6.01. The van der Waals surface area contributed by atoms with Gasteiger partial charge >= 0.3 is 0 Å². The van der Waals surface area contributed by atoms with Gasteiger partial charge in [0.15, 0.2) is 0 Å². The number of hydrogen-bond acceptors (Lipinski definition) is 1. The van der Waals surface area contributed by atoms with Gasteiger partial charge in [0.1, 0.15) is 0 Å². The molecule has 2 aliphatic rings. The normalized spacial score (nSPS) is 31.2. The van der Waals surface area contributed by atoms with Gasteiger partial charge in [-0.3, -0.25) is 4.79 Å². The van der Waals surface area contributed by atoms with Gasteiger partial charge in [-0.15, -0.1) is 0 Å². The van der Waals surface area contributed by atoms with Gasteiger partial charge in [-0.25, -0.2) is 0 Å². The van der Waals surface area contributed by atoms with Crippen LogP contribution in [0.25, 0.3) is 0 Å². The number of carbonyl (C=O) groups is 1. The first-order chi connectivity index (χ1) is 8.65. The van der Waals surface area contributed by atoms with Gasteiger partial charge in [0, 0.05) is 12.5 Å². The molecule has 0 spiro atoms. The number of fused-ring (bicyclic) bond motifs is 1. The third-order valence-corrected chi connectivity index (χ3v) is 4.75. The van der Waals surface area contributed by atoms with E-state index in [4.69, 9.17) is 0 Å². The Labute approximate surface area is 109 Å². The standard InChI is InChI=1S/C16H21NO/c1-12(2)14-8-10-16(11-9-15(18)17(14)16)13-6-4-3-5-7-13/h3-7,12,14H,8-11H2,1-2H3/t14-,16-/m1/s1. The van der Waals surface area contributed by atoms with Gasteiger partial charge in [0.05, 0.1) is 5.54 Å². The minimum atomic E-state index is 0.00722. The third kappa shape index (κ3) is 1.51. The first-order valence-corrected chi connectivity index (χ1v) is 7.03. The molecular weight excluding hydrogens is 222 g/mol. The molecule has 2 aliphatic heterocycles. The Morgan fingerprint density at radius 1 is 1.22 bits per heavy atom. The zero-order chi connectivity index (χ0) is 12.8. The average Bonchev–Trinajstić information content (AvgIpc) is 2.91. The molecule has 18 heavy (non-hydrogen) atoms. The molecule has 1 amide bonds. The molecule has 1 aromatic carbocycles. The van der Waals surface area contributed by atoms with Crippen LogP contribution in [0, 0.1) is 5.92 Å². The number of benzene rings is 1. The predicted molar refractivity (Wildman–Crippen MR) is 72.1 cm³/mol. The zero-order valence-corrected chi connectivity index (χ0v) is 11.2. The van der Waals surface area contributed by atoms with Gasteiger partial charge in [-0.05, 0) is 30.7 Å². The van der Waals surface area contributed by atoms with Crippen molar-refractivity contribution < 1.29 is 4.79 Å². The van der Waals surface area contributed by atoms with Gasteiger partial charge in [0.25, 0.3) is 0 Å². The van der Waals surface area contributed by atoms with Crippen LogP contribution in [0.2, 0.25) is 0 Å². The van der Waals surface area contributed by atoms with Gasteiger partial charge in [-0.1, -0.05) is 44.2 Å². The van der Waals surface area contributed by atoms with Gasteiger partial charge in [-0.2, -0.15) is 0 Å². The Bertz CT molecular complexity index is 453. The summed E-state index contributed by atoms with van der Waals surface area (Å²) in [5.41, 5.74) is 1.34. The van der Waals surface area contributed by atoms with Crippen LogP contribution >= 0.6 is 0 Å². The summed E-state index contributed by atoms with van der Waals surface area (Å²) >= 11 is 0. The molecular formula is C16H21NO. The largest absolute Gasteiger partial charge is 0.330 e. The zero-order valence-electron chi connectivity index (χ0n) is 11.2. The van der Waals surface area contributed by atoms with Crippen molar-refractivity contribution in [2.45, 2.75) is 51.1 Å². The summed E-state index contributed by atoms with van der Waals surface area (Å²) in [5.74, 6) is 0.910. The number of carbonyl (C=O) groups excluding carboxylic acids is 1. The number of amides is 1. The molecule has 2 heteroatoms. The number of hydrogen-bond donors (Lipinski definition) is 0. The van der Waals surface area contributed by atoms with Crippen molar-refractivity contribution in [1.82, 2.24) is 4.90 Å². The van der Waals surface area contributed by atoms with E-state index in [1.54, 1.807) is 0 Å². The quantitative estimate of drug-likeness (QED) is 0.780. The highest BCUT2D eigenvalue weighted by Crippen LogP contribution is 2.51. The Morgan fingerprint density at radius 3 is 2.61 bits per heavy atom. The van der Waals surface area contributed by atoms with E-state index in [1.807, 2.05) is 0 Å². The monoisotopic (exact) mass is 243 g/mol. The van der Waals surface area contributed by atoms with E-state index in [1.165, 1.54) is 5.56 Å². The van der Waals surface area contributed by atoms with Crippen LogP contribution in [0.15, 0.2) is 30.3 Å². The van der Waals surface area contributed by atoms with Crippen LogP contribution < -0.4 is 0 Å². The van der Waals surface area contributed by atoms with Crippen LogP contribution in [-0.2, 0) is 10.3 Å². The van der Waals surface area contributed by atoms with Crippen LogP contribution in [0.5, 0.6) is 0 Å². The molecule has 2 atom stereocenters. The lowest BCUT2D eigenvalue weighted by Crippen LogP contribution is -2.44. The maximum Gasteiger partial charge on any atom is 0.223 e. The summed E-state index contributed by atoms with van der Waals surface area (Å²) in [7, 11) is 0. The molecule has 96 valence electrons. The van der Waals surface area contributed by atoms with Crippen LogP contribution in [0.3, 0.4) is 0 Å². The molecule has 0 aromatic heterocycles. The fraction of sp³-hybridized carbons (Fsp3) is 0.562. The van der Waals surface area contributed by atoms with E-state index in [-0.39, 0.29) is 5.54 Å². The molecule has 0 N–H and O–H groups in total. The first kappa shape index (κ1) is 11.8. The fourth-order valence-corrected chi connectivity index (χ4v) is 3.86. The highest BCUT2D eigenvalue weighted by Gasteiger charge is 2.54. The fourth-order valence-electron chi connectivity index (χ4n) is 3.86. The lowest BCUT2D eigenvalue weighted by atomic mass is 9.86. The summed E-state index contributed by atoms with van der Waals surface area (Å²) in [5, 5.41) is 0. The lowest BCUT2D eigenvalue weighted by molar-refractivity contribution is -0.132. The molecule has 2 nitrogen and oxygen atoms in total. The molecule has 0 unspecified atom stereocenters. The summed E-state index contributed by atoms with van der Waals surface area (Å²) in [6, 6.07) is 11.0. The molecule has 0 bridgehead atoms. The summed E-state index contributed by atoms with van der Waals surface area (Å²) in [4.78, 5) is 14.5. The van der Waals surface area contributed by atoms with Gasteiger partial charge < -0.3 is 4.90 Å². The molecule has 3 rings (SSSR count). The average molecular weight is 243 g/mol. The second-order valence-corrected chi connectivity index (χ2v) is 6.01.